The minimum absolute atomic E-state index is 0.0116. The SMILES string of the molecule is O[C@H]1CCC[C@@H]1N1CC2CC2C1. The fraction of sp³-hybridized carbons (Fsp3) is 1.00. The third kappa shape index (κ3) is 1.01. The zero-order valence-corrected chi connectivity index (χ0v) is 7.45. The van der Waals surface area contributed by atoms with Gasteiger partial charge in [-0.1, -0.05) is 0 Å². The van der Waals surface area contributed by atoms with Crippen molar-refractivity contribution in [2.75, 3.05) is 13.1 Å². The van der Waals surface area contributed by atoms with Crippen molar-refractivity contribution in [3.05, 3.63) is 0 Å². The Kier molecular flexibility index (Phi) is 1.50. The Hall–Kier alpha value is -0.0800. The van der Waals surface area contributed by atoms with Gasteiger partial charge in [0.05, 0.1) is 6.10 Å². The van der Waals surface area contributed by atoms with Gasteiger partial charge in [-0.3, -0.25) is 4.90 Å². The second-order valence-electron chi connectivity index (χ2n) is 4.78. The lowest BCUT2D eigenvalue weighted by Crippen LogP contribution is -2.39. The van der Waals surface area contributed by atoms with Crippen molar-refractivity contribution >= 4 is 0 Å². The highest BCUT2D eigenvalue weighted by Crippen LogP contribution is 2.46. The minimum atomic E-state index is -0.0116. The lowest BCUT2D eigenvalue weighted by atomic mass is 10.2. The van der Waals surface area contributed by atoms with E-state index in [0.29, 0.717) is 6.04 Å². The minimum Gasteiger partial charge on any atom is -0.391 e. The van der Waals surface area contributed by atoms with Crippen LogP contribution in [-0.2, 0) is 0 Å². The molecule has 2 aliphatic carbocycles. The third-order valence-electron chi connectivity index (χ3n) is 3.92. The standard InChI is InChI=1S/C10H17NO/c12-10-3-1-2-9(10)11-5-7-4-8(7)6-11/h7-10,12H,1-6H2/t7?,8?,9-,10-/m0/s1. The number of likely N-dealkylation sites (tertiary alicyclic amines) is 1. The summed E-state index contributed by atoms with van der Waals surface area (Å²) in [4.78, 5) is 2.54. The summed E-state index contributed by atoms with van der Waals surface area (Å²) in [6.07, 6.45) is 4.97. The molecule has 0 amide bonds. The number of aliphatic hydroxyl groups is 1. The van der Waals surface area contributed by atoms with Crippen molar-refractivity contribution in [2.45, 2.75) is 37.8 Å². The molecule has 1 saturated heterocycles. The monoisotopic (exact) mass is 167 g/mol. The van der Waals surface area contributed by atoms with Crippen molar-refractivity contribution in [1.82, 2.24) is 4.90 Å². The third-order valence-corrected chi connectivity index (χ3v) is 3.92. The number of fused-ring (bicyclic) bond motifs is 1. The molecule has 3 rings (SSSR count). The molecule has 1 N–H and O–H groups in total. The van der Waals surface area contributed by atoms with Crippen LogP contribution in [0.4, 0.5) is 0 Å². The summed E-state index contributed by atoms with van der Waals surface area (Å²) in [7, 11) is 0. The van der Waals surface area contributed by atoms with E-state index in [1.165, 1.54) is 32.4 Å². The number of rotatable bonds is 1. The van der Waals surface area contributed by atoms with Gasteiger partial charge in [0.2, 0.25) is 0 Å². The Bertz CT molecular complexity index is 184. The average Bonchev–Trinajstić information content (AvgIpc) is 2.51. The van der Waals surface area contributed by atoms with Gasteiger partial charge in [-0.2, -0.15) is 0 Å². The zero-order valence-electron chi connectivity index (χ0n) is 7.45. The van der Waals surface area contributed by atoms with Gasteiger partial charge < -0.3 is 5.11 Å². The number of aliphatic hydroxyl groups excluding tert-OH is 1. The Morgan fingerprint density at radius 1 is 1.08 bits per heavy atom. The van der Waals surface area contributed by atoms with E-state index in [9.17, 15) is 5.11 Å². The van der Waals surface area contributed by atoms with E-state index >= 15 is 0 Å². The van der Waals surface area contributed by atoms with Gasteiger partial charge in [0.25, 0.3) is 0 Å². The second kappa shape index (κ2) is 2.46. The predicted molar refractivity (Wildman–Crippen MR) is 46.8 cm³/mol. The Labute approximate surface area is 73.6 Å². The first-order valence-corrected chi connectivity index (χ1v) is 5.27. The first kappa shape index (κ1) is 7.34. The van der Waals surface area contributed by atoms with E-state index in [1.54, 1.807) is 0 Å². The molecule has 0 bridgehead atoms. The zero-order chi connectivity index (χ0) is 8.13. The van der Waals surface area contributed by atoms with Gasteiger partial charge >= 0.3 is 0 Å². The molecule has 0 aromatic heterocycles. The molecule has 0 spiro atoms. The van der Waals surface area contributed by atoms with Crippen LogP contribution in [-0.4, -0.2) is 35.2 Å². The normalized spacial score (nSPS) is 52.8. The predicted octanol–water partition coefficient (Wildman–Crippen LogP) is 0.851. The Morgan fingerprint density at radius 3 is 2.42 bits per heavy atom. The number of hydrogen-bond acceptors (Lipinski definition) is 2. The quantitative estimate of drug-likeness (QED) is 0.626. The molecule has 2 nitrogen and oxygen atoms in total. The topological polar surface area (TPSA) is 23.5 Å². The maximum Gasteiger partial charge on any atom is 0.0695 e. The molecular weight excluding hydrogens is 150 g/mol. The molecule has 1 aliphatic heterocycles. The number of piperidine rings is 1. The molecule has 2 unspecified atom stereocenters. The lowest BCUT2D eigenvalue weighted by Gasteiger charge is -2.27. The van der Waals surface area contributed by atoms with E-state index in [0.717, 1.165) is 18.3 Å². The van der Waals surface area contributed by atoms with Gasteiger partial charge in [0.1, 0.15) is 0 Å². The van der Waals surface area contributed by atoms with Crippen LogP contribution in [0.1, 0.15) is 25.7 Å². The first-order chi connectivity index (χ1) is 5.84. The highest BCUT2D eigenvalue weighted by Gasteiger charge is 2.48. The summed E-state index contributed by atoms with van der Waals surface area (Å²) in [5, 5.41) is 9.71. The van der Waals surface area contributed by atoms with Crippen molar-refractivity contribution in [3.63, 3.8) is 0 Å². The van der Waals surface area contributed by atoms with E-state index in [1.807, 2.05) is 0 Å². The summed E-state index contributed by atoms with van der Waals surface area (Å²) < 4.78 is 0. The van der Waals surface area contributed by atoms with Gasteiger partial charge in [0, 0.05) is 19.1 Å². The van der Waals surface area contributed by atoms with Crippen LogP contribution in [0.5, 0.6) is 0 Å². The summed E-state index contributed by atoms with van der Waals surface area (Å²) >= 11 is 0. The molecule has 2 saturated carbocycles. The van der Waals surface area contributed by atoms with E-state index < -0.39 is 0 Å². The van der Waals surface area contributed by atoms with Crippen molar-refractivity contribution in [2.24, 2.45) is 11.8 Å². The van der Waals surface area contributed by atoms with Crippen LogP contribution in [0.3, 0.4) is 0 Å². The fourth-order valence-electron chi connectivity index (χ4n) is 3.05. The molecule has 2 heteroatoms. The second-order valence-corrected chi connectivity index (χ2v) is 4.78. The molecule has 3 fully saturated rings. The van der Waals surface area contributed by atoms with Gasteiger partial charge in [-0.25, -0.2) is 0 Å². The van der Waals surface area contributed by atoms with Gasteiger partial charge in [0.15, 0.2) is 0 Å². The van der Waals surface area contributed by atoms with Gasteiger partial charge in [-0.05, 0) is 37.5 Å². The molecule has 3 aliphatic rings. The Morgan fingerprint density at radius 2 is 1.83 bits per heavy atom. The largest absolute Gasteiger partial charge is 0.391 e. The maximum atomic E-state index is 9.71. The van der Waals surface area contributed by atoms with E-state index in [4.69, 9.17) is 0 Å². The van der Waals surface area contributed by atoms with Crippen LogP contribution < -0.4 is 0 Å². The average molecular weight is 167 g/mol. The number of hydrogen-bond donors (Lipinski definition) is 1. The lowest BCUT2D eigenvalue weighted by molar-refractivity contribution is 0.0784. The maximum absolute atomic E-state index is 9.71. The van der Waals surface area contributed by atoms with Crippen LogP contribution in [0.25, 0.3) is 0 Å². The fourth-order valence-corrected chi connectivity index (χ4v) is 3.05. The molecular formula is C10H17NO. The summed E-state index contributed by atoms with van der Waals surface area (Å²) in [6, 6.07) is 0.526. The summed E-state index contributed by atoms with van der Waals surface area (Å²) in [5.74, 6) is 2.02. The highest BCUT2D eigenvalue weighted by atomic mass is 16.3. The van der Waals surface area contributed by atoms with Crippen LogP contribution in [0.2, 0.25) is 0 Å². The van der Waals surface area contributed by atoms with Gasteiger partial charge in [-0.15, -0.1) is 0 Å². The summed E-state index contributed by atoms with van der Waals surface area (Å²) in [5.41, 5.74) is 0. The van der Waals surface area contributed by atoms with Crippen molar-refractivity contribution < 1.29 is 5.11 Å². The number of nitrogens with zero attached hydrogens (tertiary/aromatic N) is 1. The molecule has 4 atom stereocenters. The highest BCUT2D eigenvalue weighted by molar-refractivity contribution is 5.00. The van der Waals surface area contributed by atoms with Crippen LogP contribution >= 0.6 is 0 Å². The molecule has 1 heterocycles. The molecule has 12 heavy (non-hydrogen) atoms. The molecule has 68 valence electrons. The smallest absolute Gasteiger partial charge is 0.0695 e. The molecule has 0 aromatic rings. The van der Waals surface area contributed by atoms with Crippen LogP contribution in [0, 0.1) is 11.8 Å². The van der Waals surface area contributed by atoms with Crippen molar-refractivity contribution in [1.29, 1.82) is 0 Å². The first-order valence-electron chi connectivity index (χ1n) is 5.27. The van der Waals surface area contributed by atoms with E-state index in [2.05, 4.69) is 4.90 Å². The van der Waals surface area contributed by atoms with Crippen LogP contribution in [0.15, 0.2) is 0 Å². The Balaban J connectivity index is 1.65. The molecule has 0 aromatic carbocycles. The van der Waals surface area contributed by atoms with E-state index in [-0.39, 0.29) is 6.10 Å². The van der Waals surface area contributed by atoms with Crippen molar-refractivity contribution in [3.8, 4) is 0 Å². The summed E-state index contributed by atoms with van der Waals surface area (Å²) in [6.45, 7) is 2.57. The molecule has 0 radical (unpaired) electrons.